The molecule has 4 rings (SSSR count). The van der Waals surface area contributed by atoms with Gasteiger partial charge in [-0.05, 0) is 67.0 Å². The largest absolute Gasteiger partial charge is 0.497 e. The summed E-state index contributed by atoms with van der Waals surface area (Å²) in [5.74, 6) is 1.38. The Hall–Kier alpha value is -2.86. The second-order valence-electron chi connectivity index (χ2n) is 8.85. The van der Waals surface area contributed by atoms with Gasteiger partial charge in [0.25, 0.3) is 0 Å². The van der Waals surface area contributed by atoms with Gasteiger partial charge in [0.15, 0.2) is 5.78 Å². The first kappa shape index (κ1) is 22.3. The van der Waals surface area contributed by atoms with E-state index < -0.39 is 0 Å². The maximum atomic E-state index is 13.1. The number of benzene rings is 2. The van der Waals surface area contributed by atoms with Gasteiger partial charge in [-0.15, -0.1) is 0 Å². The van der Waals surface area contributed by atoms with Crippen molar-refractivity contribution in [1.29, 1.82) is 0 Å². The van der Waals surface area contributed by atoms with Gasteiger partial charge in [-0.25, -0.2) is 4.79 Å². The lowest BCUT2D eigenvalue weighted by Gasteiger charge is -2.38. The van der Waals surface area contributed by atoms with Crippen molar-refractivity contribution in [2.45, 2.75) is 38.1 Å². The van der Waals surface area contributed by atoms with Crippen LogP contribution in [-0.2, 0) is 6.54 Å². The first-order valence-electron chi connectivity index (χ1n) is 11.6. The molecule has 0 aliphatic carbocycles. The number of Topliss-reactive ketones (excluding diaryl/α,β-unsaturated/α-hetero) is 1. The average Bonchev–Trinajstić information content (AvgIpc) is 2.88. The zero-order valence-corrected chi connectivity index (χ0v) is 18.8. The van der Waals surface area contributed by atoms with Crippen molar-refractivity contribution in [1.82, 2.24) is 9.80 Å². The Balaban J connectivity index is 1.27. The van der Waals surface area contributed by atoms with Crippen LogP contribution in [0.1, 0.15) is 53.1 Å². The summed E-state index contributed by atoms with van der Waals surface area (Å²) in [5.41, 5.74) is 8.99. The molecular formula is C26H33N3O3. The zero-order chi connectivity index (χ0) is 22.5. The normalized spacial score (nSPS) is 17.9. The average molecular weight is 436 g/mol. The molecule has 2 aliphatic heterocycles. The molecule has 6 nitrogen and oxygen atoms in total. The van der Waals surface area contributed by atoms with Crippen LogP contribution in [0.3, 0.4) is 0 Å². The maximum Gasteiger partial charge on any atom is 0.319 e. The first-order valence-corrected chi connectivity index (χ1v) is 11.6. The van der Waals surface area contributed by atoms with E-state index in [9.17, 15) is 9.59 Å². The molecule has 0 radical (unpaired) electrons. The monoisotopic (exact) mass is 435 g/mol. The molecule has 0 atom stereocenters. The van der Waals surface area contributed by atoms with Crippen molar-refractivity contribution in [2.24, 2.45) is 11.7 Å². The third-order valence-electron chi connectivity index (χ3n) is 6.93. The van der Waals surface area contributed by atoms with Gasteiger partial charge in [0.1, 0.15) is 5.75 Å². The summed E-state index contributed by atoms with van der Waals surface area (Å²) in [6.45, 7) is 3.40. The minimum absolute atomic E-state index is 0.0204. The van der Waals surface area contributed by atoms with Crippen molar-refractivity contribution < 1.29 is 14.3 Å². The second kappa shape index (κ2) is 10.2. The van der Waals surface area contributed by atoms with Crippen LogP contribution in [0.2, 0.25) is 0 Å². The van der Waals surface area contributed by atoms with Gasteiger partial charge in [-0.1, -0.05) is 24.3 Å². The number of ether oxygens (including phenoxy) is 1. The number of urea groups is 1. The number of hydrogen-bond donors (Lipinski definition) is 1. The Morgan fingerprint density at radius 3 is 2.16 bits per heavy atom. The molecule has 0 bridgehead atoms. The van der Waals surface area contributed by atoms with Crippen molar-refractivity contribution >= 4 is 11.8 Å². The van der Waals surface area contributed by atoms with E-state index in [1.54, 1.807) is 7.11 Å². The quantitative estimate of drug-likeness (QED) is 0.719. The second-order valence-corrected chi connectivity index (χ2v) is 8.85. The SMILES string of the molecule is COc1ccc(C(=O)C2CCN(C(=O)N3CCC(c4cccc(CN)c4)CC3)CC2)cc1. The third-order valence-corrected chi connectivity index (χ3v) is 6.93. The van der Waals surface area contributed by atoms with E-state index in [1.165, 1.54) is 5.56 Å². The number of nitrogens with two attached hydrogens (primary N) is 1. The predicted molar refractivity (Wildman–Crippen MR) is 125 cm³/mol. The summed E-state index contributed by atoms with van der Waals surface area (Å²) in [6.07, 6.45) is 3.40. The molecule has 0 aromatic heterocycles. The van der Waals surface area contributed by atoms with Gasteiger partial charge in [-0.3, -0.25) is 4.79 Å². The number of nitrogens with zero attached hydrogens (tertiary/aromatic N) is 2. The topological polar surface area (TPSA) is 75.9 Å². The number of carbonyl (C=O) groups excluding carboxylic acids is 2. The van der Waals surface area contributed by atoms with Crippen LogP contribution in [0.15, 0.2) is 48.5 Å². The van der Waals surface area contributed by atoms with Crippen molar-refractivity contribution in [3.63, 3.8) is 0 Å². The first-order chi connectivity index (χ1) is 15.6. The molecule has 2 saturated heterocycles. The minimum Gasteiger partial charge on any atom is -0.497 e. The van der Waals surface area contributed by atoms with Crippen LogP contribution in [0, 0.1) is 5.92 Å². The lowest BCUT2D eigenvalue weighted by molar-refractivity contribution is 0.0825. The van der Waals surface area contributed by atoms with Crippen LogP contribution < -0.4 is 10.5 Å². The molecule has 2 aliphatic rings. The summed E-state index contributed by atoms with van der Waals surface area (Å²) < 4.78 is 5.17. The summed E-state index contributed by atoms with van der Waals surface area (Å²) in [4.78, 5) is 29.8. The van der Waals surface area contributed by atoms with Crippen molar-refractivity contribution in [2.75, 3.05) is 33.3 Å². The van der Waals surface area contributed by atoms with Gasteiger partial charge >= 0.3 is 6.03 Å². The van der Waals surface area contributed by atoms with Crippen LogP contribution in [-0.4, -0.2) is 54.9 Å². The van der Waals surface area contributed by atoms with E-state index >= 15 is 0 Å². The molecule has 2 heterocycles. The molecule has 0 unspecified atom stereocenters. The Bertz CT molecular complexity index is 928. The number of likely N-dealkylation sites (tertiary alicyclic amines) is 2. The van der Waals surface area contributed by atoms with Crippen LogP contribution in [0.4, 0.5) is 4.79 Å². The van der Waals surface area contributed by atoms with Gasteiger partial charge in [0.2, 0.25) is 0 Å². The van der Waals surface area contributed by atoms with Crippen LogP contribution >= 0.6 is 0 Å². The van der Waals surface area contributed by atoms with Crippen molar-refractivity contribution in [3.8, 4) is 5.75 Å². The van der Waals surface area contributed by atoms with E-state index in [1.807, 2.05) is 34.1 Å². The van der Waals surface area contributed by atoms with E-state index in [0.717, 1.165) is 55.6 Å². The Labute approximate surface area is 190 Å². The molecule has 32 heavy (non-hydrogen) atoms. The van der Waals surface area contributed by atoms with E-state index in [0.29, 0.717) is 25.6 Å². The van der Waals surface area contributed by atoms with E-state index in [-0.39, 0.29) is 17.7 Å². The van der Waals surface area contributed by atoms with Crippen LogP contribution in [0.5, 0.6) is 5.75 Å². The van der Waals surface area contributed by atoms with Gasteiger partial charge < -0.3 is 20.3 Å². The number of rotatable bonds is 5. The number of amides is 2. The Morgan fingerprint density at radius 1 is 0.938 bits per heavy atom. The minimum atomic E-state index is -0.0204. The molecule has 2 aromatic carbocycles. The molecule has 0 saturated carbocycles. The smallest absolute Gasteiger partial charge is 0.319 e. The summed E-state index contributed by atoms with van der Waals surface area (Å²) in [5, 5.41) is 0. The van der Waals surface area contributed by atoms with Gasteiger partial charge in [0.05, 0.1) is 7.11 Å². The zero-order valence-electron chi connectivity index (χ0n) is 18.8. The number of carbonyl (C=O) groups is 2. The van der Waals surface area contributed by atoms with E-state index in [4.69, 9.17) is 10.5 Å². The number of methoxy groups -OCH3 is 1. The fourth-order valence-electron chi connectivity index (χ4n) is 4.90. The molecule has 2 fully saturated rings. The molecular weight excluding hydrogens is 402 g/mol. The summed E-state index contributed by atoms with van der Waals surface area (Å²) in [7, 11) is 1.62. The van der Waals surface area contributed by atoms with Gasteiger partial charge in [0, 0.05) is 44.2 Å². The molecule has 2 N–H and O–H groups in total. The highest BCUT2D eigenvalue weighted by Gasteiger charge is 2.32. The standard InChI is InChI=1S/C26H33N3O3/c1-32-24-7-5-21(6-8-24)25(30)22-11-15-29(16-12-22)26(31)28-13-9-20(10-14-28)23-4-2-3-19(17-23)18-27/h2-8,17,20,22H,9-16,18,27H2,1H3. The summed E-state index contributed by atoms with van der Waals surface area (Å²) >= 11 is 0. The Morgan fingerprint density at radius 2 is 1.56 bits per heavy atom. The van der Waals surface area contributed by atoms with E-state index in [2.05, 4.69) is 24.3 Å². The highest BCUT2D eigenvalue weighted by Crippen LogP contribution is 2.30. The Kier molecular flexibility index (Phi) is 7.10. The maximum absolute atomic E-state index is 13.1. The van der Waals surface area contributed by atoms with Crippen LogP contribution in [0.25, 0.3) is 0 Å². The van der Waals surface area contributed by atoms with Gasteiger partial charge in [-0.2, -0.15) is 0 Å². The fraction of sp³-hybridized carbons (Fsp3) is 0.462. The summed E-state index contributed by atoms with van der Waals surface area (Å²) in [6, 6.07) is 15.9. The fourth-order valence-corrected chi connectivity index (χ4v) is 4.90. The molecule has 2 aromatic rings. The molecule has 0 spiro atoms. The predicted octanol–water partition coefficient (Wildman–Crippen LogP) is 4.05. The third kappa shape index (κ3) is 4.96. The number of piperidine rings is 2. The van der Waals surface area contributed by atoms with Crippen molar-refractivity contribution in [3.05, 3.63) is 65.2 Å². The molecule has 2 amide bonds. The number of ketones is 1. The highest BCUT2D eigenvalue weighted by atomic mass is 16.5. The lowest BCUT2D eigenvalue weighted by Crippen LogP contribution is -2.49. The highest BCUT2D eigenvalue weighted by molar-refractivity contribution is 5.98. The molecule has 6 heteroatoms. The molecule has 170 valence electrons. The lowest BCUT2D eigenvalue weighted by atomic mass is 9.88. The number of hydrogen-bond acceptors (Lipinski definition) is 4.